The molecule has 1 aromatic heterocycles. The number of hydrogen-bond acceptors (Lipinski definition) is 4. The number of aromatic amines is 1. The van der Waals surface area contributed by atoms with Crippen LogP contribution in [0.2, 0.25) is 0 Å². The number of aromatic nitrogens is 2. The lowest BCUT2D eigenvalue weighted by molar-refractivity contribution is 0.219. The summed E-state index contributed by atoms with van der Waals surface area (Å²) in [5, 5.41) is 9.47. The molecule has 1 fully saturated rings. The third-order valence-corrected chi connectivity index (χ3v) is 3.94. The van der Waals surface area contributed by atoms with Crippen LogP contribution < -0.4 is 4.90 Å². The van der Waals surface area contributed by atoms with Crippen LogP contribution in [-0.4, -0.2) is 41.0 Å². The van der Waals surface area contributed by atoms with Crippen molar-refractivity contribution in [3.8, 4) is 6.07 Å². The number of aryl methyl sites for hydroxylation is 1. The molecule has 1 aliphatic heterocycles. The lowest BCUT2D eigenvalue weighted by Crippen LogP contribution is -2.47. The molecule has 1 unspecified atom stereocenters. The van der Waals surface area contributed by atoms with E-state index in [4.69, 9.17) is 0 Å². The second kappa shape index (κ2) is 5.98. The minimum absolute atomic E-state index is 0.232. The van der Waals surface area contributed by atoms with E-state index < -0.39 is 0 Å². The number of para-hydroxylation sites is 1. The van der Waals surface area contributed by atoms with Gasteiger partial charge in [-0.15, -0.1) is 0 Å². The standard InChI is InChI=1S/C16H19N5/c1-13-18-12-15(19-13)16(11-17)21-9-7-20(8-10-21)14-5-3-2-4-6-14/h2-6,12,16H,7-10H2,1H3,(H,18,19). The Labute approximate surface area is 124 Å². The van der Waals surface area contributed by atoms with Gasteiger partial charge < -0.3 is 9.88 Å². The molecule has 0 spiro atoms. The molecule has 108 valence electrons. The summed E-state index contributed by atoms with van der Waals surface area (Å²) in [7, 11) is 0. The van der Waals surface area contributed by atoms with Crippen LogP contribution in [0.3, 0.4) is 0 Å². The van der Waals surface area contributed by atoms with E-state index in [0.29, 0.717) is 0 Å². The highest BCUT2D eigenvalue weighted by Crippen LogP contribution is 2.22. The molecule has 0 amide bonds. The number of nitriles is 1. The van der Waals surface area contributed by atoms with Crippen molar-refractivity contribution in [2.24, 2.45) is 0 Å². The largest absolute Gasteiger partial charge is 0.369 e. The SMILES string of the molecule is Cc1ncc(C(C#N)N2CCN(c3ccccc3)CC2)[nH]1. The first-order valence-electron chi connectivity index (χ1n) is 7.23. The van der Waals surface area contributed by atoms with Crippen molar-refractivity contribution in [1.82, 2.24) is 14.9 Å². The number of benzene rings is 1. The second-order valence-electron chi connectivity index (χ2n) is 5.31. The zero-order valence-corrected chi connectivity index (χ0v) is 12.2. The maximum absolute atomic E-state index is 9.47. The van der Waals surface area contributed by atoms with Gasteiger partial charge in [0.2, 0.25) is 0 Å². The van der Waals surface area contributed by atoms with Crippen molar-refractivity contribution in [1.29, 1.82) is 5.26 Å². The fourth-order valence-electron chi connectivity index (χ4n) is 2.80. The molecule has 0 bridgehead atoms. The zero-order chi connectivity index (χ0) is 14.7. The molecule has 21 heavy (non-hydrogen) atoms. The molecule has 2 aromatic rings. The Morgan fingerprint density at radius 1 is 1.19 bits per heavy atom. The van der Waals surface area contributed by atoms with Gasteiger partial charge in [-0.3, -0.25) is 4.90 Å². The van der Waals surface area contributed by atoms with Gasteiger partial charge in [0.1, 0.15) is 11.9 Å². The molecule has 3 rings (SSSR count). The summed E-state index contributed by atoms with van der Waals surface area (Å²) in [5.74, 6) is 0.855. The van der Waals surface area contributed by atoms with E-state index in [9.17, 15) is 5.26 Å². The molecule has 1 atom stereocenters. The maximum atomic E-state index is 9.47. The molecule has 0 saturated carbocycles. The van der Waals surface area contributed by atoms with Crippen LogP contribution in [0.1, 0.15) is 17.6 Å². The summed E-state index contributed by atoms with van der Waals surface area (Å²) >= 11 is 0. The minimum Gasteiger partial charge on any atom is -0.369 e. The van der Waals surface area contributed by atoms with Crippen LogP contribution in [0.15, 0.2) is 36.5 Å². The number of H-pyrrole nitrogens is 1. The van der Waals surface area contributed by atoms with E-state index >= 15 is 0 Å². The quantitative estimate of drug-likeness (QED) is 0.936. The highest BCUT2D eigenvalue weighted by atomic mass is 15.3. The van der Waals surface area contributed by atoms with Crippen LogP contribution in [0.4, 0.5) is 5.69 Å². The van der Waals surface area contributed by atoms with E-state index in [2.05, 4.69) is 50.1 Å². The molecule has 5 nitrogen and oxygen atoms in total. The Morgan fingerprint density at radius 3 is 2.48 bits per heavy atom. The highest BCUT2D eigenvalue weighted by Gasteiger charge is 2.26. The first-order valence-corrected chi connectivity index (χ1v) is 7.23. The van der Waals surface area contributed by atoms with Crippen LogP contribution in [0, 0.1) is 18.3 Å². The summed E-state index contributed by atoms with van der Waals surface area (Å²) in [4.78, 5) is 12.0. The van der Waals surface area contributed by atoms with E-state index in [1.165, 1.54) is 5.69 Å². The lowest BCUT2D eigenvalue weighted by atomic mass is 10.1. The van der Waals surface area contributed by atoms with Gasteiger partial charge in [0.05, 0.1) is 18.0 Å². The van der Waals surface area contributed by atoms with Crippen LogP contribution in [0.5, 0.6) is 0 Å². The van der Waals surface area contributed by atoms with Gasteiger partial charge in [-0.25, -0.2) is 4.98 Å². The predicted octanol–water partition coefficient (Wildman–Crippen LogP) is 2.10. The number of nitrogens with one attached hydrogen (secondary N) is 1. The fourth-order valence-corrected chi connectivity index (χ4v) is 2.80. The normalized spacial score (nSPS) is 17.4. The minimum atomic E-state index is -0.232. The van der Waals surface area contributed by atoms with Crippen LogP contribution in [0.25, 0.3) is 0 Å². The number of nitrogens with zero attached hydrogens (tertiary/aromatic N) is 4. The van der Waals surface area contributed by atoms with Crippen molar-refractivity contribution in [3.05, 3.63) is 48.0 Å². The Balaban J connectivity index is 1.66. The van der Waals surface area contributed by atoms with Crippen molar-refractivity contribution in [2.75, 3.05) is 31.1 Å². The van der Waals surface area contributed by atoms with Crippen LogP contribution >= 0.6 is 0 Å². The molecule has 2 heterocycles. The fraction of sp³-hybridized carbons (Fsp3) is 0.375. The smallest absolute Gasteiger partial charge is 0.140 e. The molecule has 1 N–H and O–H groups in total. The molecular weight excluding hydrogens is 262 g/mol. The van der Waals surface area contributed by atoms with Gasteiger partial charge in [0.15, 0.2) is 0 Å². The van der Waals surface area contributed by atoms with Crippen molar-refractivity contribution in [2.45, 2.75) is 13.0 Å². The average Bonchev–Trinajstić information content (AvgIpc) is 2.96. The summed E-state index contributed by atoms with van der Waals surface area (Å²) in [6.07, 6.45) is 1.77. The number of rotatable bonds is 3. The summed E-state index contributed by atoms with van der Waals surface area (Å²) in [5.41, 5.74) is 2.14. The van der Waals surface area contributed by atoms with Crippen molar-refractivity contribution < 1.29 is 0 Å². The van der Waals surface area contributed by atoms with Gasteiger partial charge in [0.25, 0.3) is 0 Å². The Hall–Kier alpha value is -2.32. The van der Waals surface area contributed by atoms with E-state index in [1.54, 1.807) is 6.20 Å². The van der Waals surface area contributed by atoms with Crippen molar-refractivity contribution in [3.63, 3.8) is 0 Å². The van der Waals surface area contributed by atoms with Gasteiger partial charge in [-0.2, -0.15) is 5.26 Å². The van der Waals surface area contributed by atoms with Gasteiger partial charge in [-0.1, -0.05) is 18.2 Å². The number of anilines is 1. The van der Waals surface area contributed by atoms with E-state index in [1.807, 2.05) is 13.0 Å². The summed E-state index contributed by atoms with van der Waals surface area (Å²) in [6.45, 7) is 5.55. The van der Waals surface area contributed by atoms with Gasteiger partial charge in [0, 0.05) is 31.9 Å². The van der Waals surface area contributed by atoms with Gasteiger partial charge >= 0.3 is 0 Å². The number of piperazine rings is 1. The molecule has 1 aromatic carbocycles. The topological polar surface area (TPSA) is 59.0 Å². The Bertz CT molecular complexity index is 620. The highest BCUT2D eigenvalue weighted by molar-refractivity contribution is 5.46. The number of imidazole rings is 1. The first-order chi connectivity index (χ1) is 10.3. The third kappa shape index (κ3) is 2.91. The maximum Gasteiger partial charge on any atom is 0.140 e. The van der Waals surface area contributed by atoms with E-state index in [-0.39, 0.29) is 6.04 Å². The summed E-state index contributed by atoms with van der Waals surface area (Å²) in [6, 6.07) is 12.6. The monoisotopic (exact) mass is 281 g/mol. The molecule has 5 heteroatoms. The first kappa shape index (κ1) is 13.7. The molecular formula is C16H19N5. The van der Waals surface area contributed by atoms with Crippen LogP contribution in [-0.2, 0) is 0 Å². The number of hydrogen-bond donors (Lipinski definition) is 1. The Kier molecular flexibility index (Phi) is 3.89. The second-order valence-corrected chi connectivity index (χ2v) is 5.31. The van der Waals surface area contributed by atoms with Crippen molar-refractivity contribution >= 4 is 5.69 Å². The molecule has 0 aliphatic carbocycles. The Morgan fingerprint density at radius 2 is 1.90 bits per heavy atom. The molecule has 1 aliphatic rings. The molecule has 0 radical (unpaired) electrons. The predicted molar refractivity (Wildman–Crippen MR) is 81.9 cm³/mol. The zero-order valence-electron chi connectivity index (χ0n) is 12.2. The summed E-state index contributed by atoms with van der Waals surface area (Å²) < 4.78 is 0. The third-order valence-electron chi connectivity index (χ3n) is 3.94. The molecule has 1 saturated heterocycles. The average molecular weight is 281 g/mol. The van der Waals surface area contributed by atoms with Gasteiger partial charge in [-0.05, 0) is 19.1 Å². The lowest BCUT2D eigenvalue weighted by Gasteiger charge is -2.37. The van der Waals surface area contributed by atoms with E-state index in [0.717, 1.165) is 37.7 Å².